The summed E-state index contributed by atoms with van der Waals surface area (Å²) in [6, 6.07) is 0. The predicted octanol–water partition coefficient (Wildman–Crippen LogP) is 1.09. The van der Waals surface area contributed by atoms with E-state index in [4.69, 9.17) is 9.26 Å². The van der Waals surface area contributed by atoms with Gasteiger partial charge in [-0.2, -0.15) is 4.31 Å². The van der Waals surface area contributed by atoms with Crippen LogP contribution < -0.4 is 0 Å². The molecular weight excluding hydrogens is 256 g/mol. The van der Waals surface area contributed by atoms with Crippen LogP contribution in [0.1, 0.15) is 24.3 Å². The van der Waals surface area contributed by atoms with Crippen molar-refractivity contribution in [3.8, 4) is 0 Å². The van der Waals surface area contributed by atoms with E-state index in [-0.39, 0.29) is 11.0 Å². The molecule has 1 aliphatic rings. The number of ether oxygens (including phenoxy) is 1. The van der Waals surface area contributed by atoms with E-state index in [1.165, 1.54) is 4.31 Å². The molecule has 0 bridgehead atoms. The number of rotatable bonds is 4. The van der Waals surface area contributed by atoms with Crippen LogP contribution in [0.25, 0.3) is 0 Å². The third-order valence-corrected chi connectivity index (χ3v) is 5.19. The first kappa shape index (κ1) is 13.5. The zero-order chi connectivity index (χ0) is 13.3. The summed E-state index contributed by atoms with van der Waals surface area (Å²) in [7, 11) is -1.99. The maximum Gasteiger partial charge on any atom is 0.248 e. The van der Waals surface area contributed by atoms with Gasteiger partial charge in [0.15, 0.2) is 5.76 Å². The molecule has 18 heavy (non-hydrogen) atoms. The molecule has 1 aliphatic heterocycles. The van der Waals surface area contributed by atoms with E-state index in [2.05, 4.69) is 5.16 Å². The molecule has 0 aromatic carbocycles. The van der Waals surface area contributed by atoms with Crippen molar-refractivity contribution in [3.05, 3.63) is 11.5 Å². The van der Waals surface area contributed by atoms with Crippen molar-refractivity contribution >= 4 is 10.0 Å². The molecule has 1 atom stereocenters. The summed E-state index contributed by atoms with van der Waals surface area (Å²) < 4.78 is 36.5. The highest BCUT2D eigenvalue weighted by Gasteiger charge is 2.30. The summed E-state index contributed by atoms with van der Waals surface area (Å²) in [5.41, 5.74) is 0.395. The lowest BCUT2D eigenvalue weighted by Gasteiger charge is -2.20. The van der Waals surface area contributed by atoms with Gasteiger partial charge in [0, 0.05) is 20.2 Å². The summed E-state index contributed by atoms with van der Waals surface area (Å²) in [5, 5.41) is 3.68. The number of aromatic nitrogens is 1. The van der Waals surface area contributed by atoms with E-state index < -0.39 is 10.0 Å². The van der Waals surface area contributed by atoms with Crippen LogP contribution in [0.3, 0.4) is 0 Å². The molecule has 6 nitrogen and oxygen atoms in total. The predicted molar refractivity (Wildman–Crippen MR) is 64.8 cm³/mol. The zero-order valence-corrected chi connectivity index (χ0v) is 11.7. The maximum absolute atomic E-state index is 12.4. The molecule has 0 N–H and O–H groups in total. The number of hydrogen-bond donors (Lipinski definition) is 0. The number of aryl methyl sites for hydroxylation is 2. The molecule has 1 saturated heterocycles. The monoisotopic (exact) mass is 274 g/mol. The van der Waals surface area contributed by atoms with Crippen LogP contribution in [0, 0.1) is 13.8 Å². The fourth-order valence-corrected chi connectivity index (χ4v) is 3.66. The van der Waals surface area contributed by atoms with Crippen molar-refractivity contribution in [2.24, 2.45) is 0 Å². The smallest absolute Gasteiger partial charge is 0.248 e. The highest BCUT2D eigenvalue weighted by atomic mass is 32.2. The standard InChI is InChI=1S/C11H18N2O4S/c1-8-11(9(2)17-12-8)18(14,15)13(3)7-10-5-4-6-16-10/h10H,4-7H2,1-3H3/t10-/m1/s1. The van der Waals surface area contributed by atoms with Crippen molar-refractivity contribution in [2.45, 2.75) is 37.7 Å². The fourth-order valence-electron chi connectivity index (χ4n) is 2.17. The van der Waals surface area contributed by atoms with Gasteiger partial charge in [-0.25, -0.2) is 8.42 Å². The van der Waals surface area contributed by atoms with Gasteiger partial charge in [0.1, 0.15) is 10.6 Å². The lowest BCUT2D eigenvalue weighted by molar-refractivity contribution is 0.0978. The number of likely N-dealkylation sites (N-methyl/N-ethyl adjacent to an activating group) is 1. The molecule has 0 radical (unpaired) electrons. The second-order valence-corrected chi connectivity index (χ2v) is 6.56. The maximum atomic E-state index is 12.4. The molecule has 2 rings (SSSR count). The van der Waals surface area contributed by atoms with E-state index >= 15 is 0 Å². The minimum atomic E-state index is -3.55. The average Bonchev–Trinajstić information content (AvgIpc) is 2.89. The summed E-state index contributed by atoms with van der Waals surface area (Å²) >= 11 is 0. The van der Waals surface area contributed by atoms with Gasteiger partial charge in [0.05, 0.1) is 6.10 Å². The number of sulfonamides is 1. The first-order chi connectivity index (χ1) is 8.43. The van der Waals surface area contributed by atoms with E-state index in [0.29, 0.717) is 24.6 Å². The Labute approximate surface area is 107 Å². The Kier molecular flexibility index (Phi) is 3.74. The van der Waals surface area contributed by atoms with Gasteiger partial charge < -0.3 is 9.26 Å². The minimum absolute atomic E-state index is 0.00903. The Balaban J connectivity index is 2.20. The largest absolute Gasteiger partial charge is 0.377 e. The third-order valence-electron chi connectivity index (χ3n) is 3.12. The van der Waals surface area contributed by atoms with Gasteiger partial charge in [-0.1, -0.05) is 5.16 Å². The summed E-state index contributed by atoms with van der Waals surface area (Å²) in [6.45, 7) is 4.31. The quantitative estimate of drug-likeness (QED) is 0.821. The zero-order valence-electron chi connectivity index (χ0n) is 10.8. The molecule has 2 heterocycles. The molecule has 0 saturated carbocycles. The molecule has 0 spiro atoms. The molecule has 0 unspecified atom stereocenters. The van der Waals surface area contributed by atoms with Crippen molar-refractivity contribution in [1.29, 1.82) is 0 Å². The lowest BCUT2D eigenvalue weighted by atomic mass is 10.2. The van der Waals surface area contributed by atoms with Crippen LogP contribution in [0.4, 0.5) is 0 Å². The van der Waals surface area contributed by atoms with Crippen molar-refractivity contribution in [3.63, 3.8) is 0 Å². The van der Waals surface area contributed by atoms with Crippen molar-refractivity contribution < 1.29 is 17.7 Å². The molecule has 1 aromatic heterocycles. The number of hydrogen-bond acceptors (Lipinski definition) is 5. The van der Waals surface area contributed by atoms with Gasteiger partial charge in [-0.15, -0.1) is 0 Å². The van der Waals surface area contributed by atoms with Gasteiger partial charge in [-0.3, -0.25) is 0 Å². The molecular formula is C11H18N2O4S. The fraction of sp³-hybridized carbons (Fsp3) is 0.727. The van der Waals surface area contributed by atoms with Crippen LogP contribution >= 0.6 is 0 Å². The second kappa shape index (κ2) is 4.99. The van der Waals surface area contributed by atoms with Gasteiger partial charge in [0.25, 0.3) is 0 Å². The van der Waals surface area contributed by atoms with E-state index in [1.54, 1.807) is 20.9 Å². The topological polar surface area (TPSA) is 72.6 Å². The van der Waals surface area contributed by atoms with Crippen LogP contribution in [0.2, 0.25) is 0 Å². The summed E-state index contributed by atoms with van der Waals surface area (Å²) in [6.07, 6.45) is 1.89. The Morgan fingerprint density at radius 2 is 2.17 bits per heavy atom. The lowest BCUT2D eigenvalue weighted by Crippen LogP contribution is -2.34. The van der Waals surface area contributed by atoms with Gasteiger partial charge >= 0.3 is 0 Å². The first-order valence-electron chi connectivity index (χ1n) is 5.93. The molecule has 0 amide bonds. The molecule has 7 heteroatoms. The van der Waals surface area contributed by atoms with Crippen molar-refractivity contribution in [2.75, 3.05) is 20.2 Å². The van der Waals surface area contributed by atoms with Crippen molar-refractivity contribution in [1.82, 2.24) is 9.46 Å². The van der Waals surface area contributed by atoms with E-state index in [9.17, 15) is 8.42 Å². The minimum Gasteiger partial charge on any atom is -0.377 e. The highest BCUT2D eigenvalue weighted by Crippen LogP contribution is 2.23. The molecule has 102 valence electrons. The third kappa shape index (κ3) is 2.43. The number of nitrogens with zero attached hydrogens (tertiary/aromatic N) is 2. The van der Waals surface area contributed by atoms with E-state index in [1.807, 2.05) is 0 Å². The molecule has 0 aliphatic carbocycles. The SMILES string of the molecule is Cc1noc(C)c1S(=O)(=O)N(C)C[C@H]1CCCO1. The van der Waals surface area contributed by atoms with Crippen LogP contribution in [-0.2, 0) is 14.8 Å². The first-order valence-corrected chi connectivity index (χ1v) is 7.37. The Hall–Kier alpha value is -0.920. The van der Waals surface area contributed by atoms with Gasteiger partial charge in [-0.05, 0) is 26.7 Å². The Morgan fingerprint density at radius 1 is 1.44 bits per heavy atom. The molecule has 1 aromatic rings. The normalized spacial score (nSPS) is 20.8. The summed E-state index contributed by atoms with van der Waals surface area (Å²) in [5.74, 6) is 0.326. The molecule has 1 fully saturated rings. The Bertz CT molecular complexity index is 498. The van der Waals surface area contributed by atoms with Crippen LogP contribution in [-0.4, -0.2) is 44.2 Å². The van der Waals surface area contributed by atoms with Crippen LogP contribution in [0.15, 0.2) is 9.42 Å². The summed E-state index contributed by atoms with van der Waals surface area (Å²) in [4.78, 5) is 0.169. The van der Waals surface area contributed by atoms with E-state index in [0.717, 1.165) is 12.8 Å². The highest BCUT2D eigenvalue weighted by molar-refractivity contribution is 7.89. The second-order valence-electron chi connectivity index (χ2n) is 4.57. The average molecular weight is 274 g/mol. The Morgan fingerprint density at radius 3 is 2.67 bits per heavy atom. The van der Waals surface area contributed by atoms with Crippen LogP contribution in [0.5, 0.6) is 0 Å². The van der Waals surface area contributed by atoms with Gasteiger partial charge in [0.2, 0.25) is 10.0 Å².